The van der Waals surface area contributed by atoms with E-state index in [1.807, 2.05) is 18.2 Å². The predicted octanol–water partition coefficient (Wildman–Crippen LogP) is 4.22. The highest BCUT2D eigenvalue weighted by molar-refractivity contribution is 9.10. The van der Waals surface area contributed by atoms with Gasteiger partial charge in [0.25, 0.3) is 0 Å². The molecule has 0 unspecified atom stereocenters. The van der Waals surface area contributed by atoms with Gasteiger partial charge in [-0.2, -0.15) is 0 Å². The summed E-state index contributed by atoms with van der Waals surface area (Å²) >= 11 is 3.53. The van der Waals surface area contributed by atoms with E-state index < -0.39 is 0 Å². The van der Waals surface area contributed by atoms with Gasteiger partial charge in [-0.25, -0.2) is 0 Å². The molecule has 0 aliphatic rings. The second kappa shape index (κ2) is 7.31. The molecule has 3 nitrogen and oxygen atoms in total. The Bertz CT molecular complexity index is 555. The number of anilines is 1. The highest BCUT2D eigenvalue weighted by Crippen LogP contribution is 2.27. The van der Waals surface area contributed by atoms with Crippen molar-refractivity contribution in [3.05, 3.63) is 58.1 Å². The molecule has 0 radical (unpaired) electrons. The Balaban J connectivity index is 2.01. The molecule has 4 heteroatoms. The minimum Gasteiger partial charge on any atom is -0.497 e. The van der Waals surface area contributed by atoms with Crippen molar-refractivity contribution in [2.24, 2.45) is 0 Å². The molecule has 20 heavy (non-hydrogen) atoms. The van der Waals surface area contributed by atoms with Crippen LogP contribution in [0.1, 0.15) is 11.1 Å². The first-order valence-corrected chi connectivity index (χ1v) is 7.16. The zero-order valence-corrected chi connectivity index (χ0v) is 13.2. The summed E-state index contributed by atoms with van der Waals surface area (Å²) in [6.07, 6.45) is 0. The van der Waals surface area contributed by atoms with Crippen molar-refractivity contribution in [1.29, 1.82) is 0 Å². The smallest absolute Gasteiger partial charge is 0.121 e. The van der Waals surface area contributed by atoms with Gasteiger partial charge in [-0.1, -0.05) is 24.3 Å². The molecule has 1 N–H and O–H groups in total. The summed E-state index contributed by atoms with van der Waals surface area (Å²) < 4.78 is 11.4. The third kappa shape index (κ3) is 3.99. The van der Waals surface area contributed by atoms with Crippen molar-refractivity contribution in [3.63, 3.8) is 0 Å². The zero-order chi connectivity index (χ0) is 14.4. The Morgan fingerprint density at radius 3 is 2.35 bits per heavy atom. The molecule has 0 aromatic heterocycles. The van der Waals surface area contributed by atoms with Gasteiger partial charge in [0.1, 0.15) is 5.75 Å². The van der Waals surface area contributed by atoms with Crippen LogP contribution in [0.5, 0.6) is 5.75 Å². The summed E-state index contributed by atoms with van der Waals surface area (Å²) in [6, 6.07) is 14.3. The number of hydrogen-bond donors (Lipinski definition) is 1. The average Bonchev–Trinajstić information content (AvgIpc) is 2.48. The van der Waals surface area contributed by atoms with Gasteiger partial charge < -0.3 is 14.8 Å². The molecular formula is C16H18BrNO2. The zero-order valence-electron chi connectivity index (χ0n) is 11.7. The number of rotatable bonds is 6. The number of ether oxygens (including phenoxy) is 2. The van der Waals surface area contributed by atoms with Crippen molar-refractivity contribution >= 4 is 21.6 Å². The number of methoxy groups -OCH3 is 2. The minimum atomic E-state index is 0.648. The lowest BCUT2D eigenvalue weighted by atomic mass is 10.1. The van der Waals surface area contributed by atoms with E-state index in [1.54, 1.807) is 14.2 Å². The predicted molar refractivity (Wildman–Crippen MR) is 85.2 cm³/mol. The van der Waals surface area contributed by atoms with Crippen LogP contribution in [0, 0.1) is 0 Å². The normalized spacial score (nSPS) is 10.3. The quantitative estimate of drug-likeness (QED) is 0.857. The Labute approximate surface area is 128 Å². The number of halogens is 1. The Hall–Kier alpha value is -1.52. The van der Waals surface area contributed by atoms with E-state index in [0.717, 1.165) is 22.5 Å². The van der Waals surface area contributed by atoms with Gasteiger partial charge in [0.05, 0.1) is 19.4 Å². The summed E-state index contributed by atoms with van der Waals surface area (Å²) in [5, 5.41) is 3.40. The van der Waals surface area contributed by atoms with Crippen LogP contribution in [0.4, 0.5) is 5.69 Å². The first-order valence-electron chi connectivity index (χ1n) is 6.37. The summed E-state index contributed by atoms with van der Waals surface area (Å²) in [5.41, 5.74) is 3.42. The van der Waals surface area contributed by atoms with Gasteiger partial charge in [0.15, 0.2) is 0 Å². The van der Waals surface area contributed by atoms with Gasteiger partial charge in [0.2, 0.25) is 0 Å². The fourth-order valence-corrected chi connectivity index (χ4v) is 2.27. The lowest BCUT2D eigenvalue weighted by Crippen LogP contribution is -2.00. The van der Waals surface area contributed by atoms with E-state index in [9.17, 15) is 0 Å². The molecule has 0 saturated heterocycles. The highest BCUT2D eigenvalue weighted by Gasteiger charge is 2.02. The topological polar surface area (TPSA) is 30.5 Å². The van der Waals surface area contributed by atoms with Gasteiger partial charge in [-0.3, -0.25) is 0 Å². The second-order valence-corrected chi connectivity index (χ2v) is 5.30. The summed E-state index contributed by atoms with van der Waals surface area (Å²) in [7, 11) is 3.37. The third-order valence-electron chi connectivity index (χ3n) is 2.99. The van der Waals surface area contributed by atoms with Gasteiger partial charge in [-0.05, 0) is 39.2 Å². The van der Waals surface area contributed by atoms with Gasteiger partial charge in [0, 0.05) is 24.2 Å². The fraction of sp³-hybridized carbons (Fsp3) is 0.250. The second-order valence-electron chi connectivity index (χ2n) is 4.45. The lowest BCUT2D eigenvalue weighted by molar-refractivity contribution is 0.185. The molecule has 0 atom stereocenters. The molecular weight excluding hydrogens is 318 g/mol. The Morgan fingerprint density at radius 1 is 1.00 bits per heavy atom. The van der Waals surface area contributed by atoms with Crippen molar-refractivity contribution in [3.8, 4) is 5.75 Å². The standard InChI is InChI=1S/C16H18BrNO2/c1-19-11-13-5-3-12(4-6-13)10-18-16-9-14(20-2)7-8-15(16)17/h3-9,18H,10-11H2,1-2H3. The maximum absolute atomic E-state index is 5.23. The summed E-state index contributed by atoms with van der Waals surface area (Å²) in [6.45, 7) is 1.41. The summed E-state index contributed by atoms with van der Waals surface area (Å²) in [4.78, 5) is 0. The SMILES string of the molecule is COCc1ccc(CNc2cc(OC)ccc2Br)cc1. The monoisotopic (exact) mass is 335 g/mol. The number of hydrogen-bond acceptors (Lipinski definition) is 3. The van der Waals surface area contributed by atoms with Crippen molar-refractivity contribution in [1.82, 2.24) is 0 Å². The van der Waals surface area contributed by atoms with Crippen LogP contribution in [0.3, 0.4) is 0 Å². The van der Waals surface area contributed by atoms with Crippen molar-refractivity contribution < 1.29 is 9.47 Å². The largest absolute Gasteiger partial charge is 0.497 e. The molecule has 0 amide bonds. The first-order chi connectivity index (χ1) is 9.72. The van der Waals surface area contributed by atoms with Crippen molar-refractivity contribution in [2.75, 3.05) is 19.5 Å². The Kier molecular flexibility index (Phi) is 5.44. The molecule has 106 valence electrons. The fourth-order valence-electron chi connectivity index (χ4n) is 1.88. The van der Waals surface area contributed by atoms with Crippen LogP contribution in [0.15, 0.2) is 46.9 Å². The van der Waals surface area contributed by atoms with Crippen molar-refractivity contribution in [2.45, 2.75) is 13.2 Å². The van der Waals surface area contributed by atoms with E-state index in [2.05, 4.69) is 45.5 Å². The first kappa shape index (κ1) is 14.9. The van der Waals surface area contributed by atoms with E-state index >= 15 is 0 Å². The third-order valence-corrected chi connectivity index (χ3v) is 3.68. The van der Waals surface area contributed by atoms with E-state index in [4.69, 9.17) is 9.47 Å². The Morgan fingerprint density at radius 2 is 1.70 bits per heavy atom. The molecule has 0 fully saturated rings. The van der Waals surface area contributed by atoms with Gasteiger partial charge >= 0.3 is 0 Å². The molecule has 0 saturated carbocycles. The molecule has 0 aliphatic heterocycles. The molecule has 2 rings (SSSR count). The molecule has 0 heterocycles. The lowest BCUT2D eigenvalue weighted by Gasteiger charge is -2.11. The molecule has 2 aromatic rings. The van der Waals surface area contributed by atoms with E-state index in [0.29, 0.717) is 6.61 Å². The molecule has 0 aliphatic carbocycles. The van der Waals surface area contributed by atoms with E-state index in [1.165, 1.54) is 11.1 Å². The highest BCUT2D eigenvalue weighted by atomic mass is 79.9. The summed E-state index contributed by atoms with van der Waals surface area (Å²) in [5.74, 6) is 0.839. The van der Waals surface area contributed by atoms with E-state index in [-0.39, 0.29) is 0 Å². The van der Waals surface area contributed by atoms with Crippen LogP contribution in [0.25, 0.3) is 0 Å². The minimum absolute atomic E-state index is 0.648. The number of benzene rings is 2. The molecule has 0 bridgehead atoms. The maximum Gasteiger partial charge on any atom is 0.121 e. The maximum atomic E-state index is 5.23. The average molecular weight is 336 g/mol. The van der Waals surface area contributed by atoms with Gasteiger partial charge in [-0.15, -0.1) is 0 Å². The number of nitrogens with one attached hydrogen (secondary N) is 1. The van der Waals surface area contributed by atoms with Crippen LogP contribution in [-0.4, -0.2) is 14.2 Å². The van der Waals surface area contributed by atoms with Crippen LogP contribution >= 0.6 is 15.9 Å². The van der Waals surface area contributed by atoms with Crippen LogP contribution in [0.2, 0.25) is 0 Å². The van der Waals surface area contributed by atoms with Crippen LogP contribution < -0.4 is 10.1 Å². The van der Waals surface area contributed by atoms with Crippen LogP contribution in [-0.2, 0) is 17.9 Å². The molecule has 0 spiro atoms. The molecule has 2 aromatic carbocycles.